The highest BCUT2D eigenvalue weighted by Crippen LogP contribution is 2.29. The zero-order valence-electron chi connectivity index (χ0n) is 20.4. The maximum Gasteiger partial charge on any atom is 0.338 e. The Bertz CT molecular complexity index is 885. The summed E-state index contributed by atoms with van der Waals surface area (Å²) in [5.74, 6) is -0.511. The number of esters is 2. The summed E-state index contributed by atoms with van der Waals surface area (Å²) in [5, 5.41) is 1.97. The lowest BCUT2D eigenvalue weighted by molar-refractivity contribution is 0.0487. The normalized spacial score (nSPS) is 11.0. The second-order valence-corrected chi connectivity index (χ2v) is 8.43. The Morgan fingerprint density at radius 2 is 1.34 bits per heavy atom. The van der Waals surface area contributed by atoms with Gasteiger partial charge in [-0.1, -0.05) is 78.4 Å². The maximum atomic E-state index is 13.0. The van der Waals surface area contributed by atoms with Gasteiger partial charge in [-0.2, -0.15) is 0 Å². The second kappa shape index (κ2) is 13.9. The van der Waals surface area contributed by atoms with Gasteiger partial charge in [0.15, 0.2) is 0 Å². The third kappa shape index (κ3) is 7.08. The van der Waals surface area contributed by atoms with Crippen molar-refractivity contribution in [3.8, 4) is 0 Å². The van der Waals surface area contributed by atoms with Crippen LogP contribution in [0.15, 0.2) is 24.3 Å². The molecular formula is C28H40O4. The highest BCUT2D eigenvalue weighted by Gasteiger charge is 2.20. The number of benzene rings is 2. The van der Waals surface area contributed by atoms with E-state index >= 15 is 0 Å². The average Bonchev–Trinajstić information content (AvgIpc) is 2.81. The van der Waals surface area contributed by atoms with Crippen molar-refractivity contribution in [1.29, 1.82) is 0 Å². The van der Waals surface area contributed by atoms with Gasteiger partial charge in [0.25, 0.3) is 0 Å². The first-order valence-electron chi connectivity index (χ1n) is 12.5. The van der Waals surface area contributed by atoms with E-state index in [1.807, 2.05) is 25.1 Å². The van der Waals surface area contributed by atoms with Crippen LogP contribution in [0.3, 0.4) is 0 Å². The Morgan fingerprint density at radius 3 is 1.91 bits per heavy atom. The average molecular weight is 441 g/mol. The van der Waals surface area contributed by atoms with Gasteiger partial charge in [0.2, 0.25) is 0 Å². The third-order valence-electron chi connectivity index (χ3n) is 5.97. The Morgan fingerprint density at radius 1 is 0.719 bits per heavy atom. The molecule has 0 aliphatic heterocycles. The summed E-state index contributed by atoms with van der Waals surface area (Å²) < 4.78 is 11.1. The van der Waals surface area contributed by atoms with Crippen LogP contribution in [0.2, 0.25) is 0 Å². The Balaban J connectivity index is 2.22. The molecule has 0 aliphatic rings. The standard InChI is InChI=1S/C28H40O4/c1-5-9-11-13-17-31-27(29)22-15-16-25-23(20-22)19-21(7-3)26(24(25)8-4)28(30)32-18-14-12-10-6-2/h15-16,19-20H,5-14,17-18H2,1-4H3. The molecule has 0 N–H and O–H groups in total. The van der Waals surface area contributed by atoms with Crippen molar-refractivity contribution in [2.75, 3.05) is 13.2 Å². The van der Waals surface area contributed by atoms with Crippen molar-refractivity contribution in [2.45, 2.75) is 91.9 Å². The predicted molar refractivity (Wildman–Crippen MR) is 132 cm³/mol. The number of hydrogen-bond acceptors (Lipinski definition) is 4. The van der Waals surface area contributed by atoms with Crippen molar-refractivity contribution < 1.29 is 19.1 Å². The monoisotopic (exact) mass is 440 g/mol. The van der Waals surface area contributed by atoms with Gasteiger partial charge in [-0.15, -0.1) is 0 Å². The Kier molecular flexibility index (Phi) is 11.3. The zero-order valence-corrected chi connectivity index (χ0v) is 20.4. The van der Waals surface area contributed by atoms with Gasteiger partial charge in [-0.05, 0) is 59.7 Å². The van der Waals surface area contributed by atoms with Crippen LogP contribution in [0.5, 0.6) is 0 Å². The van der Waals surface area contributed by atoms with E-state index in [2.05, 4.69) is 20.8 Å². The first-order valence-corrected chi connectivity index (χ1v) is 12.5. The van der Waals surface area contributed by atoms with Crippen molar-refractivity contribution in [2.24, 2.45) is 0 Å². The number of ether oxygens (including phenoxy) is 2. The molecule has 0 aliphatic carbocycles. The van der Waals surface area contributed by atoms with Crippen LogP contribution in [-0.2, 0) is 22.3 Å². The SMILES string of the molecule is CCCCCCOC(=O)c1ccc2c(CC)c(C(=O)OCCCCCC)c(CC)cc2c1. The highest BCUT2D eigenvalue weighted by atomic mass is 16.5. The van der Waals surface area contributed by atoms with Crippen molar-refractivity contribution in [1.82, 2.24) is 0 Å². The lowest BCUT2D eigenvalue weighted by Crippen LogP contribution is -2.13. The van der Waals surface area contributed by atoms with Crippen LogP contribution in [-0.4, -0.2) is 25.2 Å². The molecule has 0 spiro atoms. The molecule has 0 saturated carbocycles. The molecule has 4 nitrogen and oxygen atoms in total. The van der Waals surface area contributed by atoms with Gasteiger partial charge in [0, 0.05) is 0 Å². The van der Waals surface area contributed by atoms with Gasteiger partial charge >= 0.3 is 11.9 Å². The van der Waals surface area contributed by atoms with Crippen molar-refractivity contribution >= 4 is 22.7 Å². The van der Waals surface area contributed by atoms with Gasteiger partial charge < -0.3 is 9.47 Å². The first-order chi connectivity index (χ1) is 15.6. The molecule has 2 rings (SSSR count). The molecular weight excluding hydrogens is 400 g/mol. The summed E-state index contributed by atoms with van der Waals surface area (Å²) in [6, 6.07) is 7.67. The van der Waals surface area contributed by atoms with Crippen molar-refractivity contribution in [3.63, 3.8) is 0 Å². The van der Waals surface area contributed by atoms with Crippen molar-refractivity contribution in [3.05, 3.63) is 46.5 Å². The largest absolute Gasteiger partial charge is 0.462 e. The topological polar surface area (TPSA) is 52.6 Å². The molecule has 0 radical (unpaired) electrons. The lowest BCUT2D eigenvalue weighted by Gasteiger charge is -2.16. The number of rotatable bonds is 14. The zero-order chi connectivity index (χ0) is 23.3. The second-order valence-electron chi connectivity index (χ2n) is 8.43. The number of aryl methyl sites for hydroxylation is 2. The summed E-state index contributed by atoms with van der Waals surface area (Å²) >= 11 is 0. The number of carbonyl (C=O) groups is 2. The molecule has 0 fully saturated rings. The van der Waals surface area contributed by atoms with Gasteiger partial charge in [0.1, 0.15) is 0 Å². The van der Waals surface area contributed by atoms with E-state index < -0.39 is 0 Å². The van der Waals surface area contributed by atoms with Crippen LogP contribution in [0.25, 0.3) is 10.8 Å². The fourth-order valence-electron chi connectivity index (χ4n) is 4.12. The lowest BCUT2D eigenvalue weighted by atomic mass is 9.90. The van der Waals surface area contributed by atoms with Crippen LogP contribution in [0.1, 0.15) is 111 Å². The molecule has 0 saturated heterocycles. The van der Waals surface area contributed by atoms with Crippen LogP contribution in [0.4, 0.5) is 0 Å². The summed E-state index contributed by atoms with van der Waals surface area (Å²) in [5.41, 5.74) is 3.22. The smallest absolute Gasteiger partial charge is 0.338 e. The molecule has 32 heavy (non-hydrogen) atoms. The van der Waals surface area contributed by atoms with Crippen LogP contribution in [0, 0.1) is 0 Å². The fraction of sp³-hybridized carbons (Fsp3) is 0.571. The minimum atomic E-state index is -0.282. The van der Waals surface area contributed by atoms with E-state index in [0.29, 0.717) is 24.3 Å². The summed E-state index contributed by atoms with van der Waals surface area (Å²) in [7, 11) is 0. The fourth-order valence-corrected chi connectivity index (χ4v) is 4.12. The molecule has 4 heteroatoms. The van der Waals surface area contributed by atoms with E-state index in [1.165, 1.54) is 0 Å². The van der Waals surface area contributed by atoms with Gasteiger partial charge in [0.05, 0.1) is 24.3 Å². The third-order valence-corrected chi connectivity index (χ3v) is 5.97. The number of carbonyl (C=O) groups excluding carboxylic acids is 2. The quantitative estimate of drug-likeness (QED) is 0.226. The molecule has 0 aromatic heterocycles. The minimum Gasteiger partial charge on any atom is -0.462 e. The highest BCUT2D eigenvalue weighted by molar-refractivity contribution is 6.02. The summed E-state index contributed by atoms with van der Waals surface area (Å²) in [6.07, 6.45) is 10.1. The van der Waals surface area contributed by atoms with Gasteiger partial charge in [-0.25, -0.2) is 9.59 Å². The maximum absolute atomic E-state index is 13.0. The predicted octanol–water partition coefficient (Wildman–Crippen LogP) is 7.44. The van der Waals surface area contributed by atoms with E-state index in [1.54, 1.807) is 6.07 Å². The Labute approximate surface area is 193 Å². The van der Waals surface area contributed by atoms with Gasteiger partial charge in [-0.3, -0.25) is 0 Å². The number of unbranched alkanes of at least 4 members (excludes halogenated alkanes) is 6. The van der Waals surface area contributed by atoms with Crippen LogP contribution >= 0.6 is 0 Å². The van der Waals surface area contributed by atoms with E-state index in [0.717, 1.165) is 86.1 Å². The van der Waals surface area contributed by atoms with E-state index in [9.17, 15) is 9.59 Å². The first kappa shape index (κ1) is 25.9. The molecule has 0 heterocycles. The molecule has 176 valence electrons. The van der Waals surface area contributed by atoms with E-state index in [4.69, 9.17) is 9.47 Å². The molecule has 0 atom stereocenters. The molecule has 0 bridgehead atoms. The number of hydrogen-bond donors (Lipinski definition) is 0. The molecule has 2 aromatic carbocycles. The molecule has 0 amide bonds. The van der Waals surface area contributed by atoms with Crippen LogP contribution < -0.4 is 0 Å². The minimum absolute atomic E-state index is 0.229. The number of fused-ring (bicyclic) bond motifs is 1. The summed E-state index contributed by atoms with van der Waals surface area (Å²) in [6.45, 7) is 9.36. The molecule has 0 unspecified atom stereocenters. The molecule has 2 aromatic rings. The Hall–Kier alpha value is -2.36. The summed E-state index contributed by atoms with van der Waals surface area (Å²) in [4.78, 5) is 25.5. The van der Waals surface area contributed by atoms with E-state index in [-0.39, 0.29) is 11.9 Å².